The first kappa shape index (κ1) is 14.6. The summed E-state index contributed by atoms with van der Waals surface area (Å²) in [5, 5.41) is 12.7. The number of benzene rings is 1. The predicted octanol–water partition coefficient (Wildman–Crippen LogP) is 0.670. The smallest absolute Gasteiger partial charge is 0.244 e. The quantitative estimate of drug-likeness (QED) is 0.850. The van der Waals surface area contributed by atoms with Crippen molar-refractivity contribution in [1.82, 2.24) is 14.5 Å². The van der Waals surface area contributed by atoms with Crippen molar-refractivity contribution in [3.05, 3.63) is 42.5 Å². The zero-order chi connectivity index (χ0) is 14.8. The molecule has 0 saturated heterocycles. The maximum Gasteiger partial charge on any atom is 0.244 e. The summed E-state index contributed by atoms with van der Waals surface area (Å²) in [6.45, 7) is 1.21. The molecule has 2 N–H and O–H groups in total. The fourth-order valence-corrected chi connectivity index (χ4v) is 2.75. The summed E-state index contributed by atoms with van der Waals surface area (Å²) in [4.78, 5) is -0.0962. The number of hydrogen-bond acceptors (Lipinski definition) is 4. The van der Waals surface area contributed by atoms with Crippen molar-refractivity contribution in [2.45, 2.75) is 17.9 Å². The third-order valence-corrected chi connectivity index (χ3v) is 4.14. The summed E-state index contributed by atoms with van der Waals surface area (Å²) in [5.74, 6) is -0.503. The van der Waals surface area contributed by atoms with Crippen LogP contribution in [0.1, 0.15) is 6.92 Å². The molecule has 0 saturated carbocycles. The van der Waals surface area contributed by atoms with Crippen LogP contribution in [-0.4, -0.2) is 36.0 Å². The predicted molar refractivity (Wildman–Crippen MR) is 70.4 cm³/mol. The van der Waals surface area contributed by atoms with Crippen molar-refractivity contribution in [3.8, 4) is 5.69 Å². The molecule has 1 unspecified atom stereocenters. The Labute approximate surface area is 115 Å². The van der Waals surface area contributed by atoms with Gasteiger partial charge in [0.05, 0.1) is 19.0 Å². The van der Waals surface area contributed by atoms with Gasteiger partial charge in [-0.15, -0.1) is 0 Å². The normalized spacial score (nSPS) is 13.3. The highest BCUT2D eigenvalue weighted by Gasteiger charge is 2.19. The van der Waals surface area contributed by atoms with Crippen molar-refractivity contribution in [3.63, 3.8) is 0 Å². The molecule has 0 bridgehead atoms. The van der Waals surface area contributed by atoms with Crippen LogP contribution in [0.15, 0.2) is 41.6 Å². The fraction of sp³-hybridized carbons (Fsp3) is 0.250. The molecule has 0 aliphatic rings. The van der Waals surface area contributed by atoms with E-state index in [-0.39, 0.29) is 17.2 Å². The lowest BCUT2D eigenvalue weighted by Crippen LogP contribution is -2.34. The van der Waals surface area contributed by atoms with Crippen LogP contribution in [0.2, 0.25) is 0 Å². The van der Waals surface area contributed by atoms with E-state index in [1.54, 1.807) is 6.07 Å². The number of aliphatic hydroxyl groups is 1. The molecule has 1 atom stereocenters. The summed E-state index contributed by atoms with van der Waals surface area (Å²) in [6, 6.07) is 5.29. The van der Waals surface area contributed by atoms with E-state index in [1.165, 1.54) is 31.3 Å². The average Bonchev–Trinajstić information content (AvgIpc) is 2.89. The van der Waals surface area contributed by atoms with E-state index in [1.807, 2.05) is 0 Å². The number of rotatable bonds is 5. The van der Waals surface area contributed by atoms with Crippen LogP contribution in [0, 0.1) is 5.82 Å². The topological polar surface area (TPSA) is 84.2 Å². The first-order chi connectivity index (χ1) is 9.44. The number of hydrogen-bond donors (Lipinski definition) is 2. The summed E-state index contributed by atoms with van der Waals surface area (Å²) in [5.41, 5.74) is 0.157. The van der Waals surface area contributed by atoms with Crippen molar-refractivity contribution in [1.29, 1.82) is 0 Å². The Morgan fingerprint density at radius 1 is 1.45 bits per heavy atom. The molecule has 0 spiro atoms. The first-order valence-electron chi connectivity index (χ1n) is 5.87. The van der Waals surface area contributed by atoms with Crippen molar-refractivity contribution >= 4 is 10.0 Å². The van der Waals surface area contributed by atoms with E-state index >= 15 is 0 Å². The monoisotopic (exact) mass is 299 g/mol. The summed E-state index contributed by atoms with van der Waals surface area (Å²) in [6.07, 6.45) is 2.34. The highest BCUT2D eigenvalue weighted by Crippen LogP contribution is 2.15. The molecule has 20 heavy (non-hydrogen) atoms. The summed E-state index contributed by atoms with van der Waals surface area (Å²) >= 11 is 0. The molecular weight excluding hydrogens is 285 g/mol. The van der Waals surface area contributed by atoms with Crippen LogP contribution < -0.4 is 4.72 Å². The van der Waals surface area contributed by atoms with Gasteiger partial charge in [-0.25, -0.2) is 22.2 Å². The zero-order valence-corrected chi connectivity index (χ0v) is 11.5. The van der Waals surface area contributed by atoms with E-state index in [9.17, 15) is 12.8 Å². The Bertz CT molecular complexity index is 699. The van der Waals surface area contributed by atoms with Gasteiger partial charge in [0.25, 0.3) is 0 Å². The van der Waals surface area contributed by atoms with Gasteiger partial charge in [-0.05, 0) is 19.1 Å². The van der Waals surface area contributed by atoms with Crippen LogP contribution in [-0.2, 0) is 10.0 Å². The molecule has 2 aromatic rings. The van der Waals surface area contributed by atoms with E-state index in [0.29, 0.717) is 0 Å². The van der Waals surface area contributed by atoms with Crippen LogP contribution in [0.3, 0.4) is 0 Å². The minimum Gasteiger partial charge on any atom is -0.395 e. The Kier molecular flexibility index (Phi) is 4.17. The third kappa shape index (κ3) is 3.03. The second-order valence-corrected chi connectivity index (χ2v) is 5.99. The lowest BCUT2D eigenvalue weighted by Gasteiger charge is -2.09. The highest BCUT2D eigenvalue weighted by molar-refractivity contribution is 7.89. The standard InChI is InChI=1S/C12H14FN3O3S/c1-9(8-17)15-20(18,19)10-6-14-16(7-10)12-5-3-2-4-11(12)13/h2-7,9,15,17H,8H2,1H3. The number of para-hydroxylation sites is 1. The van der Waals surface area contributed by atoms with Gasteiger partial charge < -0.3 is 5.11 Å². The van der Waals surface area contributed by atoms with E-state index in [0.717, 1.165) is 10.9 Å². The number of sulfonamides is 1. The lowest BCUT2D eigenvalue weighted by molar-refractivity contribution is 0.265. The molecular formula is C12H14FN3O3S. The van der Waals surface area contributed by atoms with Gasteiger partial charge in [0.15, 0.2) is 0 Å². The SMILES string of the molecule is CC(CO)NS(=O)(=O)c1cnn(-c2ccccc2F)c1. The van der Waals surface area contributed by atoms with Crippen LogP contribution in [0.4, 0.5) is 4.39 Å². The van der Waals surface area contributed by atoms with Crippen LogP contribution in [0.25, 0.3) is 5.69 Å². The fourth-order valence-electron chi connectivity index (χ4n) is 1.58. The summed E-state index contributed by atoms with van der Waals surface area (Å²) in [7, 11) is -3.79. The van der Waals surface area contributed by atoms with Gasteiger partial charge in [0.2, 0.25) is 10.0 Å². The van der Waals surface area contributed by atoms with Gasteiger partial charge in [0, 0.05) is 6.04 Å². The van der Waals surface area contributed by atoms with E-state index in [2.05, 4.69) is 9.82 Å². The minimum absolute atomic E-state index is 0.0962. The summed E-state index contributed by atoms with van der Waals surface area (Å²) < 4.78 is 40.9. The Morgan fingerprint density at radius 2 is 2.15 bits per heavy atom. The third-order valence-electron chi connectivity index (χ3n) is 2.60. The number of nitrogens with zero attached hydrogens (tertiary/aromatic N) is 2. The zero-order valence-electron chi connectivity index (χ0n) is 10.7. The molecule has 108 valence electrons. The first-order valence-corrected chi connectivity index (χ1v) is 7.35. The second-order valence-electron chi connectivity index (χ2n) is 4.28. The number of nitrogens with one attached hydrogen (secondary N) is 1. The molecule has 0 radical (unpaired) electrons. The molecule has 1 aromatic heterocycles. The molecule has 8 heteroatoms. The van der Waals surface area contributed by atoms with E-state index in [4.69, 9.17) is 5.11 Å². The molecule has 0 amide bonds. The van der Waals surface area contributed by atoms with Gasteiger partial charge in [0.1, 0.15) is 16.4 Å². The lowest BCUT2D eigenvalue weighted by atomic mass is 10.3. The van der Waals surface area contributed by atoms with E-state index < -0.39 is 21.9 Å². The van der Waals surface area contributed by atoms with Crippen LogP contribution >= 0.6 is 0 Å². The maximum absolute atomic E-state index is 13.6. The van der Waals surface area contributed by atoms with Crippen molar-refractivity contribution in [2.24, 2.45) is 0 Å². The Balaban J connectivity index is 2.32. The molecule has 1 aromatic carbocycles. The maximum atomic E-state index is 13.6. The Morgan fingerprint density at radius 3 is 2.80 bits per heavy atom. The molecule has 0 aliphatic heterocycles. The van der Waals surface area contributed by atoms with Gasteiger partial charge in [-0.3, -0.25) is 0 Å². The van der Waals surface area contributed by atoms with Crippen molar-refractivity contribution < 1.29 is 17.9 Å². The Hall–Kier alpha value is -1.77. The second kappa shape index (κ2) is 5.70. The molecule has 0 aliphatic carbocycles. The van der Waals surface area contributed by atoms with Gasteiger partial charge in [-0.1, -0.05) is 12.1 Å². The molecule has 1 heterocycles. The molecule has 6 nitrogen and oxygen atoms in total. The molecule has 0 fully saturated rings. The number of aliphatic hydroxyl groups excluding tert-OH is 1. The highest BCUT2D eigenvalue weighted by atomic mass is 32.2. The van der Waals surface area contributed by atoms with Gasteiger partial charge in [-0.2, -0.15) is 5.10 Å². The van der Waals surface area contributed by atoms with Gasteiger partial charge >= 0.3 is 0 Å². The largest absolute Gasteiger partial charge is 0.395 e. The minimum atomic E-state index is -3.79. The van der Waals surface area contributed by atoms with Crippen LogP contribution in [0.5, 0.6) is 0 Å². The number of aromatic nitrogens is 2. The van der Waals surface area contributed by atoms with Crippen molar-refractivity contribution in [2.75, 3.05) is 6.61 Å². The number of halogens is 1. The molecule has 2 rings (SSSR count). The average molecular weight is 299 g/mol.